The van der Waals surface area contributed by atoms with Crippen molar-refractivity contribution in [2.75, 3.05) is 26.4 Å². The number of pyridine rings is 1. The lowest BCUT2D eigenvalue weighted by atomic mass is 10.1. The van der Waals surface area contributed by atoms with Crippen LogP contribution in [0.3, 0.4) is 0 Å². The highest BCUT2D eigenvalue weighted by molar-refractivity contribution is 6.06. The van der Waals surface area contributed by atoms with E-state index in [1.54, 1.807) is 6.20 Å². The molecule has 0 spiro atoms. The van der Waals surface area contributed by atoms with Gasteiger partial charge in [-0.05, 0) is 18.2 Å². The third-order valence-corrected chi connectivity index (χ3v) is 10.1. The summed E-state index contributed by atoms with van der Waals surface area (Å²) in [5, 5.41) is 4.64. The van der Waals surface area contributed by atoms with Crippen molar-refractivity contribution in [2.45, 2.75) is 0 Å². The number of benzene rings is 5. The molecular weight excluding hydrogens is 715 g/mol. The van der Waals surface area contributed by atoms with Gasteiger partial charge >= 0.3 is 0 Å². The normalized spacial score (nSPS) is 11.9. The number of hydrogen-bond acceptors (Lipinski definition) is 10. The molecule has 0 atom stereocenters. The van der Waals surface area contributed by atoms with Crippen LogP contribution in [0, 0.1) is 0 Å². The number of aromatic amines is 2. The Morgan fingerprint density at radius 1 is 0.404 bits per heavy atom. The Bertz CT molecular complexity index is 3200. The highest BCUT2D eigenvalue weighted by Crippen LogP contribution is 2.41. The van der Waals surface area contributed by atoms with Crippen molar-refractivity contribution in [1.82, 2.24) is 44.9 Å². The van der Waals surface area contributed by atoms with E-state index in [4.69, 9.17) is 44.1 Å². The third kappa shape index (κ3) is 5.78. The molecule has 12 nitrogen and oxygen atoms in total. The quantitative estimate of drug-likeness (QED) is 0.144. The first-order valence-corrected chi connectivity index (χ1v) is 18.7. The van der Waals surface area contributed by atoms with E-state index >= 15 is 0 Å². The molecule has 9 aromatic rings. The maximum Gasteiger partial charge on any atom is 0.168 e. The summed E-state index contributed by atoms with van der Waals surface area (Å²) in [5.41, 5.74) is 6.65. The van der Waals surface area contributed by atoms with Gasteiger partial charge in [0.15, 0.2) is 23.3 Å². The van der Waals surface area contributed by atoms with Gasteiger partial charge in [-0.15, -0.1) is 0 Å². The van der Waals surface area contributed by atoms with Gasteiger partial charge in [0.2, 0.25) is 0 Å². The molecule has 0 unspecified atom stereocenters. The second kappa shape index (κ2) is 13.6. The van der Waals surface area contributed by atoms with Crippen molar-refractivity contribution in [3.8, 4) is 57.1 Å². The van der Waals surface area contributed by atoms with Crippen LogP contribution in [0.2, 0.25) is 0 Å². The molecule has 12 heteroatoms. The number of aromatic nitrogens is 9. The fourth-order valence-corrected chi connectivity index (χ4v) is 7.49. The van der Waals surface area contributed by atoms with Crippen molar-refractivity contribution in [1.29, 1.82) is 0 Å². The fraction of sp³-hybridized carbons (Fsp3) is 0.0889. The van der Waals surface area contributed by atoms with Gasteiger partial charge in [0.25, 0.3) is 0 Å². The summed E-state index contributed by atoms with van der Waals surface area (Å²) >= 11 is 0. The lowest BCUT2D eigenvalue weighted by Crippen LogP contribution is -2.12. The van der Waals surface area contributed by atoms with Crippen LogP contribution in [0.25, 0.3) is 101 Å². The number of para-hydroxylation sites is 1. The number of hydrogen-bond donors (Lipinski definition) is 2. The topological polar surface area (TPSA) is 150 Å². The van der Waals surface area contributed by atoms with E-state index in [-0.39, 0.29) is 0 Å². The van der Waals surface area contributed by atoms with Gasteiger partial charge in [0, 0.05) is 49.8 Å². The van der Waals surface area contributed by atoms with Crippen molar-refractivity contribution < 1.29 is 14.2 Å². The van der Waals surface area contributed by atoms with Gasteiger partial charge in [-0.25, -0.2) is 29.9 Å². The minimum atomic E-state index is 0.301. The SMILES string of the molecule is c1ccc2c(c1)-c1nc-2nc2[nH]c(nc3nc(nc4[nH]c(n1)c1ccccc41)-c1cccc(OCCOCCOc4cccc5cccnc45)c1-3)c1ccccc21. The Hall–Kier alpha value is -7.57. The minimum Gasteiger partial charge on any atom is -0.490 e. The molecule has 0 aliphatic carbocycles. The second-order valence-electron chi connectivity index (χ2n) is 13.6. The van der Waals surface area contributed by atoms with E-state index < -0.39 is 0 Å². The van der Waals surface area contributed by atoms with Crippen LogP contribution in [0.5, 0.6) is 11.5 Å². The average molecular weight is 746 g/mol. The molecule has 2 N–H and O–H groups in total. The first-order valence-electron chi connectivity index (χ1n) is 18.7. The first-order chi connectivity index (χ1) is 28.2. The summed E-state index contributed by atoms with van der Waals surface area (Å²) < 4.78 is 18.3. The van der Waals surface area contributed by atoms with E-state index in [0.717, 1.165) is 60.5 Å². The highest BCUT2D eigenvalue weighted by atomic mass is 16.5. The van der Waals surface area contributed by atoms with Crippen LogP contribution in [0.4, 0.5) is 0 Å². The number of nitrogens with one attached hydrogen (secondary N) is 2. The van der Waals surface area contributed by atoms with Gasteiger partial charge in [-0.2, -0.15) is 0 Å². The smallest absolute Gasteiger partial charge is 0.168 e. The summed E-state index contributed by atoms with van der Waals surface area (Å²) in [5.74, 6) is 3.43. The van der Waals surface area contributed by atoms with Gasteiger partial charge in [0.1, 0.15) is 52.8 Å². The second-order valence-corrected chi connectivity index (χ2v) is 13.6. The van der Waals surface area contributed by atoms with Crippen molar-refractivity contribution >= 4 is 55.0 Å². The molecule has 11 rings (SSSR count). The van der Waals surface area contributed by atoms with Crippen molar-refractivity contribution in [2.24, 2.45) is 0 Å². The number of nitrogens with zero attached hydrogens (tertiary/aromatic N) is 7. The van der Waals surface area contributed by atoms with E-state index in [0.29, 0.717) is 78.1 Å². The fourth-order valence-electron chi connectivity index (χ4n) is 7.49. The monoisotopic (exact) mass is 745 g/mol. The van der Waals surface area contributed by atoms with E-state index in [9.17, 15) is 0 Å². The molecule has 2 aliphatic heterocycles. The summed E-state index contributed by atoms with van der Waals surface area (Å²) in [6.07, 6.45) is 1.77. The summed E-state index contributed by atoms with van der Waals surface area (Å²) in [6, 6.07) is 39.7. The maximum atomic E-state index is 6.39. The molecule has 274 valence electrons. The van der Waals surface area contributed by atoms with Crippen LogP contribution >= 0.6 is 0 Å². The molecule has 5 aromatic carbocycles. The molecule has 2 aliphatic rings. The maximum absolute atomic E-state index is 6.39. The predicted molar refractivity (Wildman–Crippen MR) is 220 cm³/mol. The Kier molecular flexibility index (Phi) is 7.84. The van der Waals surface area contributed by atoms with Gasteiger partial charge < -0.3 is 24.2 Å². The number of rotatable bonds is 8. The van der Waals surface area contributed by atoms with Crippen molar-refractivity contribution in [3.05, 3.63) is 128 Å². The van der Waals surface area contributed by atoms with Crippen molar-refractivity contribution in [3.63, 3.8) is 0 Å². The van der Waals surface area contributed by atoms with Gasteiger partial charge in [-0.3, -0.25) is 4.98 Å². The first kappa shape index (κ1) is 32.8. The van der Waals surface area contributed by atoms with Crippen LogP contribution in [-0.4, -0.2) is 71.3 Å². The third-order valence-electron chi connectivity index (χ3n) is 10.1. The minimum absolute atomic E-state index is 0.301. The Labute approximate surface area is 324 Å². The zero-order valence-electron chi connectivity index (χ0n) is 30.3. The molecule has 0 radical (unpaired) electrons. The molecule has 0 saturated carbocycles. The van der Waals surface area contributed by atoms with E-state index in [2.05, 4.69) is 15.0 Å². The lowest BCUT2D eigenvalue weighted by molar-refractivity contribution is 0.0769. The Balaban J connectivity index is 0.990. The predicted octanol–water partition coefficient (Wildman–Crippen LogP) is 8.89. The average Bonchev–Trinajstić information content (AvgIpc) is 3.99. The molecule has 4 aromatic heterocycles. The summed E-state index contributed by atoms with van der Waals surface area (Å²) in [4.78, 5) is 41.9. The summed E-state index contributed by atoms with van der Waals surface area (Å²) in [6.45, 7) is 1.42. The highest BCUT2D eigenvalue weighted by Gasteiger charge is 2.25. The molecular formula is C45H31N9O3. The largest absolute Gasteiger partial charge is 0.490 e. The molecule has 6 heterocycles. The zero-order valence-corrected chi connectivity index (χ0v) is 30.3. The molecule has 0 saturated heterocycles. The zero-order chi connectivity index (χ0) is 37.7. The van der Waals surface area contributed by atoms with Gasteiger partial charge in [-0.1, -0.05) is 103 Å². The number of fused-ring (bicyclic) bond motifs is 21. The van der Waals surface area contributed by atoms with Gasteiger partial charge in [0.05, 0.1) is 18.8 Å². The Morgan fingerprint density at radius 2 is 0.877 bits per heavy atom. The molecule has 57 heavy (non-hydrogen) atoms. The molecule has 0 fully saturated rings. The molecule has 8 bridgehead atoms. The van der Waals surface area contributed by atoms with Crippen LogP contribution in [0.1, 0.15) is 0 Å². The van der Waals surface area contributed by atoms with Crippen LogP contribution in [0.15, 0.2) is 128 Å². The Morgan fingerprint density at radius 3 is 1.51 bits per heavy atom. The number of ether oxygens (including phenoxy) is 3. The van der Waals surface area contributed by atoms with E-state index in [1.165, 1.54) is 0 Å². The van der Waals surface area contributed by atoms with Crippen LogP contribution in [-0.2, 0) is 4.74 Å². The standard InChI is InChI=1S/C45H31N9O3/c1-2-13-28-27(12-1)38-47-39(28)49-41-31-16-5-6-17-32(31)43(51-41)53-45-36-33(44(54-45)52-42-30-15-4-3-14-29(30)40(48-38)50-42)18-8-19-34(36)56-24-22-55-23-25-57-35-20-7-10-26-11-9-21-46-37(26)35/h1-21H,22-25H2,(H2,47,48,49,50,51,52,53,54). The molecule has 0 amide bonds. The lowest BCUT2D eigenvalue weighted by Gasteiger charge is -2.11. The number of H-pyrrole nitrogens is 2. The van der Waals surface area contributed by atoms with E-state index in [1.807, 2.05) is 121 Å². The summed E-state index contributed by atoms with van der Waals surface area (Å²) in [7, 11) is 0. The van der Waals surface area contributed by atoms with Crippen LogP contribution < -0.4 is 9.47 Å².